The van der Waals surface area contributed by atoms with Gasteiger partial charge in [-0.25, -0.2) is 0 Å². The van der Waals surface area contributed by atoms with E-state index in [-0.39, 0.29) is 37.9 Å². The van der Waals surface area contributed by atoms with Crippen molar-refractivity contribution < 1.29 is 33.2 Å². The fraction of sp³-hybridized carbons (Fsp3) is 0.455. The lowest BCUT2D eigenvalue weighted by Gasteiger charge is -2.29. The van der Waals surface area contributed by atoms with Gasteiger partial charge in [0.15, 0.2) is 40.2 Å². The van der Waals surface area contributed by atoms with E-state index < -0.39 is 0 Å². The van der Waals surface area contributed by atoms with Crippen LogP contribution in [0, 0.1) is 0 Å². The van der Waals surface area contributed by atoms with Crippen LogP contribution in [0.5, 0.6) is 40.2 Å². The summed E-state index contributed by atoms with van der Waals surface area (Å²) in [5.41, 5.74) is 15.5. The normalized spacial score (nSPS) is 13.2. The van der Waals surface area contributed by atoms with Gasteiger partial charge < -0.3 is 70.4 Å². The molecule has 1 aliphatic rings. The van der Waals surface area contributed by atoms with Crippen molar-refractivity contribution in [2.75, 3.05) is 87.0 Å². The topological polar surface area (TPSA) is 149 Å². The van der Waals surface area contributed by atoms with Crippen LogP contribution in [0.25, 0.3) is 0 Å². The molecule has 0 fully saturated rings. The number of methoxy groups -OCH3 is 7. The van der Waals surface area contributed by atoms with Gasteiger partial charge in [-0.2, -0.15) is 0 Å². The van der Waals surface area contributed by atoms with E-state index in [9.17, 15) is 0 Å². The van der Waals surface area contributed by atoms with Gasteiger partial charge in [0.25, 0.3) is 0 Å². The summed E-state index contributed by atoms with van der Waals surface area (Å²) in [4.78, 5) is 0. The molecule has 7 N–H and O–H groups in total. The predicted molar refractivity (Wildman–Crippen MR) is 385 cm³/mol. The summed E-state index contributed by atoms with van der Waals surface area (Å²) < 4.78 is 45.8. The third-order valence-corrected chi connectivity index (χ3v) is 17.0. The number of hydrogen-bond donors (Lipinski definition) is 7. The summed E-state index contributed by atoms with van der Waals surface area (Å²) in [5.74, 6) is 4.09. The second-order valence-electron chi connectivity index (χ2n) is 31.4. The number of benzene rings is 7. The maximum Gasteiger partial charge on any atom is 0.165 e. The standard InChI is InChI=1S/C77H105N7O7/c1-71(2,3)43-29-50-64(85-22)51(30-43)79-53-32-45(73(7,8)9)34-55(66(53)87-24)81-57-36-47(75(13,14)15)38-59(68(57)89-26)83-61-40-49(77(19,20)21)42-63(70(61)91-28)84-62-41-48(76(16,17)18)39-60(69(62)90-27)82-58-37-46(74(10,11)12)35-56(67(58)88-25)80-54-33-44(72(4,5)6)31-52(78-50)65(54)86-23/h29-42,78-84H,1-28H3. The molecule has 7 aromatic rings. The Morgan fingerprint density at radius 2 is 0.242 bits per heavy atom. The third kappa shape index (κ3) is 14.7. The van der Waals surface area contributed by atoms with E-state index >= 15 is 0 Å². The Kier molecular flexibility index (Phi) is 18.9. The molecule has 1 aliphatic heterocycles. The summed E-state index contributed by atoms with van der Waals surface area (Å²) in [6.07, 6.45) is 0. The minimum Gasteiger partial charge on any atom is -0.492 e. The zero-order valence-electron chi connectivity index (χ0n) is 59.9. The highest BCUT2D eigenvalue weighted by molar-refractivity contribution is 5.92. The van der Waals surface area contributed by atoms with Gasteiger partial charge in [-0.05, 0) is 162 Å². The molecule has 0 atom stereocenters. The molecule has 490 valence electrons. The molecule has 0 aromatic heterocycles. The molecule has 8 rings (SSSR count). The van der Waals surface area contributed by atoms with Crippen molar-refractivity contribution >= 4 is 79.6 Å². The minimum atomic E-state index is -0.303. The molecule has 0 radical (unpaired) electrons. The largest absolute Gasteiger partial charge is 0.492 e. The number of anilines is 14. The van der Waals surface area contributed by atoms with Gasteiger partial charge >= 0.3 is 0 Å². The lowest BCUT2D eigenvalue weighted by Crippen LogP contribution is -2.16. The fourth-order valence-electron chi connectivity index (χ4n) is 11.3. The van der Waals surface area contributed by atoms with E-state index in [1.54, 1.807) is 49.8 Å². The molecule has 1 heterocycles. The van der Waals surface area contributed by atoms with Crippen LogP contribution in [-0.2, 0) is 37.9 Å². The molecule has 0 unspecified atom stereocenters. The second kappa shape index (κ2) is 25.1. The maximum absolute atomic E-state index is 6.55. The molecule has 0 saturated carbocycles. The Morgan fingerprint density at radius 1 is 0.165 bits per heavy atom. The molecule has 7 aromatic carbocycles. The number of nitrogens with one attached hydrogen (secondary N) is 7. The van der Waals surface area contributed by atoms with E-state index in [4.69, 9.17) is 33.2 Å². The van der Waals surface area contributed by atoms with Gasteiger partial charge in [0.1, 0.15) is 0 Å². The highest BCUT2D eigenvalue weighted by atomic mass is 16.5. The fourth-order valence-corrected chi connectivity index (χ4v) is 11.3. The minimum absolute atomic E-state index is 0.303. The first-order valence-corrected chi connectivity index (χ1v) is 31.6. The number of fused-ring (bicyclic) bond motifs is 14. The average molecular weight is 1240 g/mol. The zero-order valence-corrected chi connectivity index (χ0v) is 59.9. The molecule has 0 amide bonds. The summed E-state index contributed by atoms with van der Waals surface area (Å²) in [5, 5.41) is 27.2. The van der Waals surface area contributed by atoms with Crippen molar-refractivity contribution in [3.63, 3.8) is 0 Å². The molecular weight excluding hydrogens is 1130 g/mol. The van der Waals surface area contributed by atoms with Gasteiger partial charge in [0.2, 0.25) is 0 Å². The van der Waals surface area contributed by atoms with Gasteiger partial charge in [-0.3, -0.25) is 0 Å². The molecule has 0 spiro atoms. The van der Waals surface area contributed by atoms with Crippen LogP contribution < -0.4 is 70.4 Å². The van der Waals surface area contributed by atoms with Crippen LogP contribution in [0.4, 0.5) is 79.6 Å². The maximum atomic E-state index is 6.55. The second-order valence-corrected chi connectivity index (χ2v) is 31.4. The molecule has 14 bridgehead atoms. The van der Waals surface area contributed by atoms with Crippen molar-refractivity contribution in [2.45, 2.75) is 183 Å². The summed E-state index contributed by atoms with van der Waals surface area (Å²) in [6, 6.07) is 30.4. The molecule has 14 heteroatoms. The van der Waals surface area contributed by atoms with Crippen LogP contribution in [-0.4, -0.2) is 49.8 Å². The van der Waals surface area contributed by atoms with Crippen LogP contribution in [0.3, 0.4) is 0 Å². The van der Waals surface area contributed by atoms with Crippen molar-refractivity contribution in [1.29, 1.82) is 0 Å². The van der Waals surface area contributed by atoms with Crippen molar-refractivity contribution in [3.05, 3.63) is 124 Å². The highest BCUT2D eigenvalue weighted by Crippen LogP contribution is 2.53. The summed E-state index contributed by atoms with van der Waals surface area (Å²) in [6.45, 7) is 46.5. The number of hydrogen-bond acceptors (Lipinski definition) is 14. The van der Waals surface area contributed by atoms with Gasteiger partial charge in [-0.1, -0.05) is 145 Å². The lowest BCUT2D eigenvalue weighted by atomic mass is 9.85. The van der Waals surface area contributed by atoms with Gasteiger partial charge in [0.05, 0.1) is 129 Å². The zero-order chi connectivity index (χ0) is 67.5. The molecule has 14 nitrogen and oxygen atoms in total. The molecular formula is C77H105N7O7. The predicted octanol–water partition coefficient (Wildman–Crippen LogP) is 21.3. The third-order valence-electron chi connectivity index (χ3n) is 17.0. The first-order chi connectivity index (χ1) is 42.1. The quantitative estimate of drug-likeness (QED) is 0.0812. The van der Waals surface area contributed by atoms with Crippen LogP contribution in [0.2, 0.25) is 0 Å². The van der Waals surface area contributed by atoms with Gasteiger partial charge in [0, 0.05) is 0 Å². The van der Waals surface area contributed by atoms with Gasteiger partial charge in [-0.15, -0.1) is 0 Å². The van der Waals surface area contributed by atoms with E-state index in [1.165, 1.54) is 0 Å². The van der Waals surface area contributed by atoms with Crippen molar-refractivity contribution in [1.82, 2.24) is 0 Å². The van der Waals surface area contributed by atoms with E-state index in [2.05, 4.69) is 268 Å². The number of rotatable bonds is 7. The van der Waals surface area contributed by atoms with Crippen LogP contribution in [0.15, 0.2) is 84.9 Å². The average Bonchev–Trinajstić information content (AvgIpc) is 1.12. The van der Waals surface area contributed by atoms with E-state index in [0.29, 0.717) is 40.2 Å². The smallest absolute Gasteiger partial charge is 0.165 e. The molecule has 0 saturated heterocycles. The Morgan fingerprint density at radius 3 is 0.297 bits per heavy atom. The summed E-state index contributed by atoms with van der Waals surface area (Å²) >= 11 is 0. The number of ether oxygens (including phenoxy) is 7. The van der Waals surface area contributed by atoms with Crippen LogP contribution >= 0.6 is 0 Å². The lowest BCUT2D eigenvalue weighted by molar-refractivity contribution is 0.413. The Labute approximate surface area is 544 Å². The van der Waals surface area contributed by atoms with E-state index in [0.717, 1.165) is 119 Å². The first kappa shape index (κ1) is 68.6. The Hall–Kier alpha value is -8.26. The SMILES string of the molecule is COc1c2cc(C(C)(C)C)cc1Nc1cc(C(C)(C)C)cc(c1OC)Nc1cc(C(C)(C)C)cc(c1OC)Nc1cc(C(C)(C)C)cc(c1OC)Nc1cc(C(C)(C)C)cc(c1OC)Nc1cc(C(C)(C)C)cc(c1OC)Nc1cc(C(C)(C)C)cc(c1OC)N2. The monoisotopic (exact) mass is 1240 g/mol. The molecule has 0 aliphatic carbocycles. The Bertz CT molecular complexity index is 2990. The molecule has 91 heavy (non-hydrogen) atoms. The summed E-state index contributed by atoms with van der Waals surface area (Å²) in [7, 11) is 12.0. The highest BCUT2D eigenvalue weighted by Gasteiger charge is 2.32. The van der Waals surface area contributed by atoms with Crippen molar-refractivity contribution in [2.24, 2.45) is 0 Å². The first-order valence-electron chi connectivity index (χ1n) is 31.6. The van der Waals surface area contributed by atoms with Crippen molar-refractivity contribution in [3.8, 4) is 40.2 Å². The van der Waals surface area contributed by atoms with Crippen LogP contribution in [0.1, 0.15) is 184 Å². The van der Waals surface area contributed by atoms with E-state index in [1.807, 2.05) is 0 Å². The Balaban J connectivity index is 1.54.